The van der Waals surface area contributed by atoms with Crippen LogP contribution in [0.4, 0.5) is 0 Å². The van der Waals surface area contributed by atoms with Crippen molar-refractivity contribution in [2.24, 2.45) is 0 Å². The van der Waals surface area contributed by atoms with Gasteiger partial charge in [0.15, 0.2) is 0 Å². The lowest BCUT2D eigenvalue weighted by Gasteiger charge is -2.26. The number of nitrogens with zero attached hydrogens (tertiary/aromatic N) is 2. The second-order valence-corrected chi connectivity index (χ2v) is 10.3. The van der Waals surface area contributed by atoms with Gasteiger partial charge >= 0.3 is 0 Å². The Morgan fingerprint density at radius 3 is 2.50 bits per heavy atom. The molecule has 1 unspecified atom stereocenters. The standard InChI is InChI=1S/C27H33N3O3S/c1-21-25(19-34(32)20-26(31)28-15-14-22-8-4-2-5-9-22)29-27(33-21)24-12-10-23(11-13-24)18-30-16-6-3-7-17-30/h2,4-5,8-13H,3,6-7,14-20H2,1H3,(H,28,31). The highest BCUT2D eigenvalue weighted by Crippen LogP contribution is 2.24. The Labute approximate surface area is 204 Å². The van der Waals surface area contributed by atoms with Gasteiger partial charge in [0.2, 0.25) is 11.8 Å². The second kappa shape index (κ2) is 12.1. The number of oxazole rings is 1. The van der Waals surface area contributed by atoms with Crippen molar-refractivity contribution in [3.05, 3.63) is 77.2 Å². The summed E-state index contributed by atoms with van der Waals surface area (Å²) in [6.45, 7) is 5.68. The number of carbonyl (C=O) groups excluding carboxylic acids is 1. The number of benzene rings is 2. The van der Waals surface area contributed by atoms with E-state index in [1.54, 1.807) is 0 Å². The van der Waals surface area contributed by atoms with E-state index >= 15 is 0 Å². The number of rotatable bonds is 10. The largest absolute Gasteiger partial charge is 0.441 e. The number of hydrogen-bond donors (Lipinski definition) is 1. The molecular formula is C27H33N3O3S. The third kappa shape index (κ3) is 7.11. The van der Waals surface area contributed by atoms with Crippen molar-refractivity contribution in [1.29, 1.82) is 0 Å². The van der Waals surface area contributed by atoms with Crippen LogP contribution in [0.2, 0.25) is 0 Å². The zero-order valence-corrected chi connectivity index (χ0v) is 20.6. The summed E-state index contributed by atoms with van der Waals surface area (Å²) >= 11 is 0. The summed E-state index contributed by atoms with van der Waals surface area (Å²) in [4.78, 5) is 19.2. The quantitative estimate of drug-likeness (QED) is 0.471. The Bertz CT molecular complexity index is 1090. The number of amides is 1. The Morgan fingerprint density at radius 1 is 1.03 bits per heavy atom. The fourth-order valence-corrected chi connectivity index (χ4v) is 5.27. The minimum absolute atomic E-state index is 0.0401. The number of nitrogens with one attached hydrogen (secondary N) is 1. The fourth-order valence-electron chi connectivity index (χ4n) is 4.21. The molecular weight excluding hydrogens is 446 g/mol. The van der Waals surface area contributed by atoms with Gasteiger partial charge in [0.05, 0.1) is 11.4 Å². The summed E-state index contributed by atoms with van der Waals surface area (Å²) in [7, 11) is -1.35. The minimum atomic E-state index is -1.35. The molecule has 34 heavy (non-hydrogen) atoms. The molecule has 0 saturated carbocycles. The molecule has 0 bridgehead atoms. The third-order valence-corrected chi connectivity index (χ3v) is 7.30. The molecule has 0 aliphatic carbocycles. The normalized spacial score (nSPS) is 15.2. The predicted octanol–water partition coefficient (Wildman–Crippen LogP) is 4.24. The number of hydrogen-bond acceptors (Lipinski definition) is 5. The van der Waals surface area contributed by atoms with E-state index in [-0.39, 0.29) is 17.4 Å². The average Bonchev–Trinajstić information content (AvgIpc) is 3.20. The van der Waals surface area contributed by atoms with Crippen LogP contribution in [0.1, 0.15) is 41.8 Å². The molecule has 1 N–H and O–H groups in total. The third-order valence-electron chi connectivity index (χ3n) is 6.12. The van der Waals surface area contributed by atoms with Crippen LogP contribution in [0.25, 0.3) is 11.5 Å². The number of piperidine rings is 1. The molecule has 180 valence electrons. The zero-order chi connectivity index (χ0) is 23.8. The number of aromatic nitrogens is 1. The fraction of sp³-hybridized carbons (Fsp3) is 0.407. The van der Waals surface area contributed by atoms with Gasteiger partial charge in [0, 0.05) is 29.5 Å². The van der Waals surface area contributed by atoms with Crippen molar-refractivity contribution in [2.75, 3.05) is 25.4 Å². The van der Waals surface area contributed by atoms with E-state index in [1.165, 1.54) is 37.9 Å². The maximum Gasteiger partial charge on any atom is 0.232 e. The molecule has 1 saturated heterocycles. The van der Waals surface area contributed by atoms with E-state index in [9.17, 15) is 9.00 Å². The highest BCUT2D eigenvalue weighted by atomic mass is 32.2. The van der Waals surface area contributed by atoms with E-state index < -0.39 is 10.8 Å². The molecule has 7 heteroatoms. The molecule has 1 aliphatic heterocycles. The summed E-state index contributed by atoms with van der Waals surface area (Å²) in [6, 6.07) is 18.3. The number of carbonyl (C=O) groups is 1. The van der Waals surface area contributed by atoms with Crippen molar-refractivity contribution in [3.8, 4) is 11.5 Å². The van der Waals surface area contributed by atoms with Gasteiger partial charge in [-0.25, -0.2) is 4.98 Å². The second-order valence-electron chi connectivity index (χ2n) is 8.87. The van der Waals surface area contributed by atoms with E-state index in [1.807, 2.05) is 49.4 Å². The van der Waals surface area contributed by atoms with Crippen LogP contribution in [0.15, 0.2) is 59.0 Å². The lowest BCUT2D eigenvalue weighted by atomic mass is 10.1. The van der Waals surface area contributed by atoms with E-state index in [2.05, 4.69) is 27.3 Å². The van der Waals surface area contributed by atoms with E-state index in [0.29, 0.717) is 23.9 Å². The Kier molecular flexibility index (Phi) is 8.66. The van der Waals surface area contributed by atoms with Gasteiger partial charge in [-0.05, 0) is 62.5 Å². The first-order chi connectivity index (χ1) is 16.6. The van der Waals surface area contributed by atoms with Crippen LogP contribution in [-0.4, -0.2) is 45.4 Å². The lowest BCUT2D eigenvalue weighted by molar-refractivity contribution is -0.118. The first kappa shape index (κ1) is 24.4. The topological polar surface area (TPSA) is 75.4 Å². The van der Waals surface area contributed by atoms with Gasteiger partial charge in [-0.15, -0.1) is 0 Å². The molecule has 2 aromatic carbocycles. The van der Waals surface area contributed by atoms with Gasteiger partial charge in [-0.2, -0.15) is 0 Å². The van der Waals surface area contributed by atoms with Crippen molar-refractivity contribution in [1.82, 2.24) is 15.2 Å². The van der Waals surface area contributed by atoms with Crippen LogP contribution in [0.3, 0.4) is 0 Å². The summed E-state index contributed by atoms with van der Waals surface area (Å²) in [5.74, 6) is 1.13. The smallest absolute Gasteiger partial charge is 0.232 e. The molecule has 6 nitrogen and oxygen atoms in total. The molecule has 1 aromatic heterocycles. The first-order valence-corrected chi connectivity index (χ1v) is 13.5. The van der Waals surface area contributed by atoms with Crippen LogP contribution in [0.5, 0.6) is 0 Å². The maximum atomic E-state index is 12.6. The van der Waals surface area contributed by atoms with Gasteiger partial charge in [0.1, 0.15) is 11.5 Å². The number of likely N-dealkylation sites (tertiary alicyclic amines) is 1. The Morgan fingerprint density at radius 2 is 1.76 bits per heavy atom. The Balaban J connectivity index is 1.26. The molecule has 4 rings (SSSR count). The number of aryl methyl sites for hydroxylation is 1. The summed E-state index contributed by atoms with van der Waals surface area (Å²) in [6.07, 6.45) is 4.66. The van der Waals surface area contributed by atoms with Crippen molar-refractivity contribution >= 4 is 16.7 Å². The highest BCUT2D eigenvalue weighted by Gasteiger charge is 2.16. The van der Waals surface area contributed by atoms with Gasteiger partial charge in [-0.1, -0.05) is 48.9 Å². The van der Waals surface area contributed by atoms with E-state index in [0.717, 1.165) is 24.1 Å². The molecule has 1 atom stereocenters. The van der Waals surface area contributed by atoms with Crippen LogP contribution in [0, 0.1) is 6.92 Å². The average molecular weight is 480 g/mol. The minimum Gasteiger partial charge on any atom is -0.441 e. The van der Waals surface area contributed by atoms with E-state index in [4.69, 9.17) is 4.42 Å². The molecule has 1 amide bonds. The van der Waals surface area contributed by atoms with Crippen molar-refractivity contribution in [3.63, 3.8) is 0 Å². The molecule has 2 heterocycles. The molecule has 0 radical (unpaired) electrons. The van der Waals surface area contributed by atoms with Crippen LogP contribution >= 0.6 is 0 Å². The highest BCUT2D eigenvalue weighted by molar-refractivity contribution is 7.84. The molecule has 3 aromatic rings. The molecule has 1 fully saturated rings. The Hall–Kier alpha value is -2.77. The predicted molar refractivity (Wildman–Crippen MR) is 136 cm³/mol. The van der Waals surface area contributed by atoms with Crippen LogP contribution < -0.4 is 5.32 Å². The van der Waals surface area contributed by atoms with Crippen LogP contribution in [-0.2, 0) is 34.3 Å². The summed E-state index contributed by atoms with van der Waals surface area (Å²) < 4.78 is 18.4. The molecule has 0 spiro atoms. The maximum absolute atomic E-state index is 12.6. The summed E-state index contributed by atoms with van der Waals surface area (Å²) in [5.41, 5.74) is 3.99. The zero-order valence-electron chi connectivity index (χ0n) is 19.8. The summed E-state index contributed by atoms with van der Waals surface area (Å²) in [5, 5.41) is 2.85. The van der Waals surface area contributed by atoms with Crippen molar-refractivity contribution in [2.45, 2.75) is 44.9 Å². The lowest BCUT2D eigenvalue weighted by Crippen LogP contribution is -2.30. The molecule has 1 aliphatic rings. The van der Waals surface area contributed by atoms with Gasteiger partial charge < -0.3 is 9.73 Å². The van der Waals surface area contributed by atoms with Crippen molar-refractivity contribution < 1.29 is 13.4 Å². The monoisotopic (exact) mass is 479 g/mol. The van der Waals surface area contributed by atoms with Gasteiger partial charge in [-0.3, -0.25) is 13.9 Å². The first-order valence-electron chi connectivity index (χ1n) is 12.0. The SMILES string of the molecule is Cc1oc(-c2ccc(CN3CCCCC3)cc2)nc1CS(=O)CC(=O)NCCc1ccccc1. The van der Waals surface area contributed by atoms with Gasteiger partial charge in [0.25, 0.3) is 0 Å².